The summed E-state index contributed by atoms with van der Waals surface area (Å²) in [5.74, 6) is 0.974. The van der Waals surface area contributed by atoms with Crippen LogP contribution in [0.15, 0.2) is 54.6 Å². The first-order valence-electron chi connectivity index (χ1n) is 13.0. The highest BCUT2D eigenvalue weighted by atomic mass is 16.6. The number of hydrogen-bond acceptors (Lipinski definition) is 7. The summed E-state index contributed by atoms with van der Waals surface area (Å²) in [6, 6.07) is 17.4. The first kappa shape index (κ1) is 31.0. The monoisotopic (exact) mass is 527 g/mol. The number of benzene rings is 2. The van der Waals surface area contributed by atoms with Gasteiger partial charge >= 0.3 is 6.09 Å². The molecule has 2 aromatic carbocycles. The molecule has 0 aromatic heterocycles. The third-order valence-electron chi connectivity index (χ3n) is 6.59. The molecule has 2 amide bonds. The fourth-order valence-electron chi connectivity index (χ4n) is 4.04. The Hall–Kier alpha value is -3.23. The summed E-state index contributed by atoms with van der Waals surface area (Å²) in [5, 5.41) is 0. The van der Waals surface area contributed by atoms with E-state index >= 15 is 0 Å². The van der Waals surface area contributed by atoms with Crippen LogP contribution in [0.3, 0.4) is 0 Å². The minimum absolute atomic E-state index is 0.00509. The van der Waals surface area contributed by atoms with Crippen molar-refractivity contribution in [3.8, 4) is 5.75 Å². The van der Waals surface area contributed by atoms with Crippen molar-refractivity contribution in [2.45, 2.75) is 58.8 Å². The molecule has 3 rings (SSSR count). The fourth-order valence-corrected chi connectivity index (χ4v) is 4.04. The number of ether oxygens (including phenoxy) is 4. The number of nitrogens with zero attached hydrogens (tertiary/aromatic N) is 1. The SMILES string of the molecule is CCC(=O)N1C(=O)OC[C@H]1Cc1ccccc1.COC[C@@H](C[C@@H](C)[C@H](C)C=O)OCc1ccc(OC)cc1. The normalized spacial score (nSPS) is 17.0. The molecule has 0 saturated carbocycles. The molecule has 1 saturated heterocycles. The van der Waals surface area contributed by atoms with E-state index in [0.29, 0.717) is 32.7 Å². The second-order valence-corrected chi connectivity index (χ2v) is 9.48. The number of rotatable bonds is 13. The second-order valence-electron chi connectivity index (χ2n) is 9.48. The van der Waals surface area contributed by atoms with Gasteiger partial charge in [-0.05, 0) is 42.0 Å². The average molecular weight is 528 g/mol. The smallest absolute Gasteiger partial charge is 0.416 e. The molecule has 1 heterocycles. The molecule has 38 heavy (non-hydrogen) atoms. The van der Waals surface area contributed by atoms with Crippen LogP contribution in [0.2, 0.25) is 0 Å². The Kier molecular flexibility index (Phi) is 13.5. The van der Waals surface area contributed by atoms with E-state index in [1.54, 1.807) is 21.1 Å². The summed E-state index contributed by atoms with van der Waals surface area (Å²) in [4.78, 5) is 35.2. The number of cyclic esters (lactones) is 1. The fraction of sp³-hybridized carbons (Fsp3) is 0.500. The third-order valence-corrected chi connectivity index (χ3v) is 6.59. The van der Waals surface area contributed by atoms with Crippen molar-refractivity contribution in [2.75, 3.05) is 27.4 Å². The van der Waals surface area contributed by atoms with Crippen molar-refractivity contribution in [1.29, 1.82) is 0 Å². The maximum Gasteiger partial charge on any atom is 0.416 e. The predicted octanol–water partition coefficient (Wildman–Crippen LogP) is 5.07. The van der Waals surface area contributed by atoms with Crippen LogP contribution in [0.4, 0.5) is 4.79 Å². The van der Waals surface area contributed by atoms with Crippen LogP contribution in [0, 0.1) is 11.8 Å². The van der Waals surface area contributed by atoms with Crippen LogP contribution in [-0.2, 0) is 36.8 Å². The minimum atomic E-state index is -0.516. The zero-order chi connectivity index (χ0) is 27.9. The Morgan fingerprint density at radius 2 is 1.76 bits per heavy atom. The van der Waals surface area contributed by atoms with Crippen molar-refractivity contribution < 1.29 is 33.3 Å². The van der Waals surface area contributed by atoms with E-state index in [4.69, 9.17) is 18.9 Å². The molecule has 208 valence electrons. The molecule has 1 fully saturated rings. The highest BCUT2D eigenvalue weighted by Gasteiger charge is 2.36. The van der Waals surface area contributed by atoms with E-state index in [-0.39, 0.29) is 29.9 Å². The standard InChI is InChI=1S/C17H26O4.C13H15NO3/c1-13(14(2)10-18)9-17(12-19-3)21-11-15-5-7-16(20-4)8-6-15;1-2-12(15)14-11(9-17-13(14)16)8-10-6-4-3-5-7-10/h5-8,10,13-14,17H,9,11-12H2,1-4H3;3-7,11H,2,8-9H2,1H3/t13-,14-,17-;11-/m11/s1. The van der Waals surface area contributed by atoms with Crippen LogP contribution >= 0.6 is 0 Å². The molecular weight excluding hydrogens is 486 g/mol. The molecule has 2 aromatic rings. The molecule has 0 bridgehead atoms. The number of carbonyl (C=O) groups excluding carboxylic acids is 3. The summed E-state index contributed by atoms with van der Waals surface area (Å²) in [7, 11) is 3.31. The van der Waals surface area contributed by atoms with E-state index in [1.807, 2.05) is 61.5 Å². The lowest BCUT2D eigenvalue weighted by Crippen LogP contribution is -2.39. The van der Waals surface area contributed by atoms with Crippen molar-refractivity contribution in [2.24, 2.45) is 11.8 Å². The van der Waals surface area contributed by atoms with E-state index in [0.717, 1.165) is 29.6 Å². The Morgan fingerprint density at radius 1 is 1.08 bits per heavy atom. The zero-order valence-corrected chi connectivity index (χ0v) is 23.1. The molecule has 0 radical (unpaired) electrons. The molecule has 1 aliphatic rings. The Balaban J connectivity index is 0.000000272. The maximum atomic E-state index is 11.7. The van der Waals surface area contributed by atoms with Crippen LogP contribution in [-0.4, -0.2) is 62.8 Å². The topological polar surface area (TPSA) is 91.4 Å². The van der Waals surface area contributed by atoms with Gasteiger partial charge in [-0.3, -0.25) is 4.79 Å². The number of hydrogen-bond donors (Lipinski definition) is 0. The van der Waals surface area contributed by atoms with E-state index < -0.39 is 6.09 Å². The lowest BCUT2D eigenvalue weighted by Gasteiger charge is -2.22. The van der Waals surface area contributed by atoms with Crippen molar-refractivity contribution >= 4 is 18.3 Å². The summed E-state index contributed by atoms with van der Waals surface area (Å²) in [6.45, 7) is 7.10. The molecule has 0 unspecified atom stereocenters. The van der Waals surface area contributed by atoms with Gasteiger partial charge in [0.15, 0.2) is 0 Å². The number of imide groups is 1. The zero-order valence-electron chi connectivity index (χ0n) is 23.1. The number of amides is 2. The van der Waals surface area contributed by atoms with E-state index in [1.165, 1.54) is 4.90 Å². The van der Waals surface area contributed by atoms with Gasteiger partial charge in [0.1, 0.15) is 18.6 Å². The summed E-state index contributed by atoms with van der Waals surface area (Å²) >= 11 is 0. The third kappa shape index (κ3) is 9.91. The summed E-state index contributed by atoms with van der Waals surface area (Å²) < 4.78 is 21.2. The van der Waals surface area contributed by atoms with Crippen LogP contribution in [0.1, 0.15) is 44.7 Å². The van der Waals surface area contributed by atoms with E-state index in [2.05, 4.69) is 6.92 Å². The number of carbonyl (C=O) groups is 3. The van der Waals surface area contributed by atoms with Crippen molar-refractivity contribution in [3.05, 3.63) is 65.7 Å². The van der Waals surface area contributed by atoms with Gasteiger partial charge in [0.05, 0.1) is 32.5 Å². The van der Waals surface area contributed by atoms with Gasteiger partial charge in [0.2, 0.25) is 5.91 Å². The first-order chi connectivity index (χ1) is 18.3. The van der Waals surface area contributed by atoms with Gasteiger partial charge in [0.25, 0.3) is 0 Å². The van der Waals surface area contributed by atoms with Gasteiger partial charge in [0, 0.05) is 19.4 Å². The molecule has 8 nitrogen and oxygen atoms in total. The largest absolute Gasteiger partial charge is 0.497 e. The first-order valence-corrected chi connectivity index (χ1v) is 13.0. The lowest BCUT2D eigenvalue weighted by molar-refractivity contribution is -0.128. The molecule has 0 N–H and O–H groups in total. The highest BCUT2D eigenvalue weighted by Crippen LogP contribution is 2.20. The summed E-state index contributed by atoms with van der Waals surface area (Å²) in [5.41, 5.74) is 2.19. The highest BCUT2D eigenvalue weighted by molar-refractivity contribution is 5.93. The van der Waals surface area contributed by atoms with Crippen molar-refractivity contribution in [3.63, 3.8) is 0 Å². The molecule has 1 aliphatic heterocycles. The van der Waals surface area contributed by atoms with Gasteiger partial charge in [-0.15, -0.1) is 0 Å². The minimum Gasteiger partial charge on any atom is -0.497 e. The average Bonchev–Trinajstić information content (AvgIpc) is 3.31. The quantitative estimate of drug-likeness (QED) is 0.336. The lowest BCUT2D eigenvalue weighted by atomic mass is 9.92. The summed E-state index contributed by atoms with van der Waals surface area (Å²) in [6.07, 6.45) is 2.26. The van der Waals surface area contributed by atoms with Gasteiger partial charge in [-0.2, -0.15) is 0 Å². The maximum absolute atomic E-state index is 11.7. The van der Waals surface area contributed by atoms with E-state index in [9.17, 15) is 14.4 Å². The van der Waals surface area contributed by atoms with Crippen LogP contribution in [0.5, 0.6) is 5.75 Å². The molecule has 4 atom stereocenters. The van der Waals surface area contributed by atoms with Gasteiger partial charge in [-0.25, -0.2) is 9.69 Å². The second kappa shape index (κ2) is 16.6. The van der Waals surface area contributed by atoms with Crippen molar-refractivity contribution in [1.82, 2.24) is 4.90 Å². The Labute approximate surface area is 226 Å². The van der Waals surface area contributed by atoms with Crippen LogP contribution < -0.4 is 4.74 Å². The molecule has 8 heteroatoms. The molecule has 0 spiro atoms. The van der Waals surface area contributed by atoms with Gasteiger partial charge in [-0.1, -0.05) is 63.2 Å². The van der Waals surface area contributed by atoms with Gasteiger partial charge < -0.3 is 23.7 Å². The predicted molar refractivity (Wildman–Crippen MR) is 145 cm³/mol. The molecular formula is C30H41NO7. The van der Waals surface area contributed by atoms with Crippen LogP contribution in [0.25, 0.3) is 0 Å². The number of methoxy groups -OCH3 is 2. The number of aldehydes is 1. The Morgan fingerprint density at radius 3 is 2.34 bits per heavy atom. The Bertz CT molecular complexity index is 980. The molecule has 0 aliphatic carbocycles.